The highest BCUT2D eigenvalue weighted by molar-refractivity contribution is 7.92. The normalized spacial score (nSPS) is 11.3. The molecule has 8 heteroatoms. The third-order valence-electron chi connectivity index (χ3n) is 3.94. The SMILES string of the molecule is O=C(CN(c1ccccc1)S(=O)(=O)c1ccccc1)NN=Cc1ccc(F)cc1. The first kappa shape index (κ1) is 20.2. The van der Waals surface area contributed by atoms with Crippen molar-refractivity contribution in [1.29, 1.82) is 0 Å². The maximum Gasteiger partial charge on any atom is 0.264 e. The number of rotatable bonds is 7. The van der Waals surface area contributed by atoms with Crippen molar-refractivity contribution in [2.45, 2.75) is 4.90 Å². The van der Waals surface area contributed by atoms with Gasteiger partial charge in [-0.05, 0) is 42.0 Å². The number of carbonyl (C=O) groups excluding carboxylic acids is 1. The van der Waals surface area contributed by atoms with Gasteiger partial charge in [0.05, 0.1) is 16.8 Å². The van der Waals surface area contributed by atoms with E-state index in [1.54, 1.807) is 48.5 Å². The topological polar surface area (TPSA) is 78.8 Å². The molecule has 6 nitrogen and oxygen atoms in total. The Balaban J connectivity index is 1.78. The Morgan fingerprint density at radius 3 is 2.14 bits per heavy atom. The van der Waals surface area contributed by atoms with Gasteiger partial charge in [-0.15, -0.1) is 0 Å². The molecule has 0 fully saturated rings. The van der Waals surface area contributed by atoms with E-state index < -0.39 is 22.5 Å². The van der Waals surface area contributed by atoms with E-state index in [4.69, 9.17) is 0 Å². The molecule has 0 aliphatic heterocycles. The summed E-state index contributed by atoms with van der Waals surface area (Å²) in [5.41, 5.74) is 3.24. The number of anilines is 1. The zero-order valence-electron chi connectivity index (χ0n) is 15.3. The molecule has 1 N–H and O–H groups in total. The van der Waals surface area contributed by atoms with Gasteiger partial charge in [-0.3, -0.25) is 9.10 Å². The molecule has 0 spiro atoms. The quantitative estimate of drug-likeness (QED) is 0.479. The summed E-state index contributed by atoms with van der Waals surface area (Å²) in [4.78, 5) is 12.4. The van der Waals surface area contributed by atoms with Crippen LogP contribution in [0.1, 0.15) is 5.56 Å². The van der Waals surface area contributed by atoms with Gasteiger partial charge in [0.25, 0.3) is 15.9 Å². The number of hydrogen-bond donors (Lipinski definition) is 1. The van der Waals surface area contributed by atoms with Gasteiger partial charge in [-0.1, -0.05) is 48.5 Å². The Kier molecular flexibility index (Phi) is 6.36. The molecule has 0 unspecified atom stereocenters. The van der Waals surface area contributed by atoms with Crippen LogP contribution in [0.5, 0.6) is 0 Å². The fourth-order valence-electron chi connectivity index (χ4n) is 2.52. The lowest BCUT2D eigenvalue weighted by atomic mass is 10.2. The zero-order chi connectivity index (χ0) is 20.7. The van der Waals surface area contributed by atoms with Crippen LogP contribution in [0.25, 0.3) is 0 Å². The maximum atomic E-state index is 13.1. The lowest BCUT2D eigenvalue weighted by Gasteiger charge is -2.23. The van der Waals surface area contributed by atoms with E-state index in [1.807, 2.05) is 0 Å². The van der Waals surface area contributed by atoms with E-state index in [9.17, 15) is 17.6 Å². The van der Waals surface area contributed by atoms with Crippen LogP contribution >= 0.6 is 0 Å². The molecule has 3 aromatic rings. The molecule has 0 bridgehead atoms. The number of hydrogen-bond acceptors (Lipinski definition) is 4. The Labute approximate surface area is 168 Å². The van der Waals surface area contributed by atoms with Gasteiger partial charge >= 0.3 is 0 Å². The van der Waals surface area contributed by atoms with E-state index in [0.29, 0.717) is 11.3 Å². The first-order valence-corrected chi connectivity index (χ1v) is 10.1. The highest BCUT2D eigenvalue weighted by atomic mass is 32.2. The molecule has 1 amide bonds. The Hall–Kier alpha value is -3.52. The molecule has 148 valence electrons. The smallest absolute Gasteiger partial charge is 0.264 e. The van der Waals surface area contributed by atoms with Crippen LogP contribution in [0.3, 0.4) is 0 Å². The first-order valence-electron chi connectivity index (χ1n) is 8.67. The van der Waals surface area contributed by atoms with Crippen molar-refractivity contribution in [3.05, 3.63) is 96.3 Å². The van der Waals surface area contributed by atoms with Crippen LogP contribution in [-0.4, -0.2) is 27.1 Å². The van der Waals surface area contributed by atoms with Crippen LogP contribution in [0.15, 0.2) is 94.9 Å². The summed E-state index contributed by atoms with van der Waals surface area (Å²) in [7, 11) is -3.95. The highest BCUT2D eigenvalue weighted by Gasteiger charge is 2.26. The lowest BCUT2D eigenvalue weighted by molar-refractivity contribution is -0.119. The van der Waals surface area contributed by atoms with E-state index >= 15 is 0 Å². The monoisotopic (exact) mass is 411 g/mol. The molecule has 0 radical (unpaired) electrons. The lowest BCUT2D eigenvalue weighted by Crippen LogP contribution is -2.39. The third kappa shape index (κ3) is 5.26. The van der Waals surface area contributed by atoms with Crippen molar-refractivity contribution >= 4 is 27.8 Å². The van der Waals surface area contributed by atoms with Crippen LogP contribution < -0.4 is 9.73 Å². The van der Waals surface area contributed by atoms with Crippen molar-refractivity contribution in [3.8, 4) is 0 Å². The molecule has 0 atom stereocenters. The van der Waals surface area contributed by atoms with Gasteiger partial charge < -0.3 is 0 Å². The number of amides is 1. The van der Waals surface area contributed by atoms with Crippen molar-refractivity contribution < 1.29 is 17.6 Å². The van der Waals surface area contributed by atoms with Crippen molar-refractivity contribution in [3.63, 3.8) is 0 Å². The molecule has 0 aromatic heterocycles. The molecule has 3 aromatic carbocycles. The fraction of sp³-hybridized carbons (Fsp3) is 0.0476. The minimum atomic E-state index is -3.95. The highest BCUT2D eigenvalue weighted by Crippen LogP contribution is 2.23. The molecule has 0 aliphatic rings. The van der Waals surface area contributed by atoms with Gasteiger partial charge in [-0.25, -0.2) is 18.2 Å². The summed E-state index contributed by atoms with van der Waals surface area (Å²) >= 11 is 0. The summed E-state index contributed by atoms with van der Waals surface area (Å²) in [6.07, 6.45) is 1.34. The Morgan fingerprint density at radius 1 is 0.931 bits per heavy atom. The molecule has 0 saturated heterocycles. The minimum absolute atomic E-state index is 0.0754. The van der Waals surface area contributed by atoms with Crippen LogP contribution in [0.4, 0.5) is 10.1 Å². The predicted molar refractivity (Wildman–Crippen MR) is 110 cm³/mol. The second-order valence-electron chi connectivity index (χ2n) is 6.01. The fourth-order valence-corrected chi connectivity index (χ4v) is 3.96. The Bertz CT molecular complexity index is 1090. The number of benzene rings is 3. The largest absolute Gasteiger partial charge is 0.271 e. The number of sulfonamides is 1. The van der Waals surface area contributed by atoms with Gasteiger partial charge in [-0.2, -0.15) is 5.10 Å². The maximum absolute atomic E-state index is 13.1. The second-order valence-corrected chi connectivity index (χ2v) is 7.87. The van der Waals surface area contributed by atoms with Crippen LogP contribution in [0, 0.1) is 5.82 Å². The van der Waals surface area contributed by atoms with Gasteiger partial charge in [0.2, 0.25) is 0 Å². The van der Waals surface area contributed by atoms with E-state index in [0.717, 1.165) is 4.31 Å². The van der Waals surface area contributed by atoms with Crippen LogP contribution in [-0.2, 0) is 14.8 Å². The predicted octanol–water partition coefficient (Wildman–Crippen LogP) is 3.17. The second kappa shape index (κ2) is 9.11. The van der Waals surface area contributed by atoms with Gasteiger partial charge in [0, 0.05) is 0 Å². The van der Waals surface area contributed by atoms with E-state index in [-0.39, 0.29) is 10.7 Å². The summed E-state index contributed by atoms with van der Waals surface area (Å²) in [6, 6.07) is 21.8. The number of hydrazone groups is 1. The van der Waals surface area contributed by atoms with Gasteiger partial charge in [0.1, 0.15) is 12.4 Å². The minimum Gasteiger partial charge on any atom is -0.271 e. The number of nitrogens with one attached hydrogen (secondary N) is 1. The molecular weight excluding hydrogens is 393 g/mol. The molecule has 0 aliphatic carbocycles. The summed E-state index contributed by atoms with van der Waals surface area (Å²) in [6.45, 7) is -0.456. The third-order valence-corrected chi connectivity index (χ3v) is 5.72. The summed E-state index contributed by atoms with van der Waals surface area (Å²) in [5, 5.41) is 3.80. The molecular formula is C21H18FN3O3S. The first-order chi connectivity index (χ1) is 14.0. The van der Waals surface area contributed by atoms with Crippen LogP contribution in [0.2, 0.25) is 0 Å². The number of para-hydroxylation sites is 1. The zero-order valence-corrected chi connectivity index (χ0v) is 16.1. The summed E-state index contributed by atoms with van der Waals surface area (Å²) in [5.74, 6) is -0.998. The average molecular weight is 411 g/mol. The summed E-state index contributed by atoms with van der Waals surface area (Å²) < 4.78 is 40.1. The Morgan fingerprint density at radius 2 is 1.52 bits per heavy atom. The van der Waals surface area contributed by atoms with Crippen molar-refractivity contribution in [1.82, 2.24) is 5.43 Å². The number of halogens is 1. The number of nitrogens with zero attached hydrogens (tertiary/aromatic N) is 2. The molecule has 29 heavy (non-hydrogen) atoms. The molecule has 0 heterocycles. The molecule has 3 rings (SSSR count). The standard InChI is InChI=1S/C21H18FN3O3S/c22-18-13-11-17(12-14-18)15-23-24-21(26)16-25(19-7-3-1-4-8-19)29(27,28)20-9-5-2-6-10-20/h1-15H,16H2,(H,24,26). The average Bonchev–Trinajstić information content (AvgIpc) is 2.74. The van der Waals surface area contributed by atoms with Gasteiger partial charge in [0.15, 0.2) is 0 Å². The van der Waals surface area contributed by atoms with Crippen molar-refractivity contribution in [2.24, 2.45) is 5.10 Å². The number of carbonyl (C=O) groups is 1. The van der Waals surface area contributed by atoms with Crippen molar-refractivity contribution in [2.75, 3.05) is 10.8 Å². The van der Waals surface area contributed by atoms with E-state index in [1.165, 1.54) is 42.6 Å². The molecule has 0 saturated carbocycles. The van der Waals surface area contributed by atoms with E-state index in [2.05, 4.69) is 10.5 Å².